The van der Waals surface area contributed by atoms with Gasteiger partial charge < -0.3 is 15.7 Å². The lowest BCUT2D eigenvalue weighted by Gasteiger charge is -2.22. The van der Waals surface area contributed by atoms with Crippen LogP contribution < -0.4 is 5.73 Å². The lowest BCUT2D eigenvalue weighted by Crippen LogP contribution is -2.35. The van der Waals surface area contributed by atoms with Gasteiger partial charge in [0.2, 0.25) is 0 Å². The summed E-state index contributed by atoms with van der Waals surface area (Å²) < 4.78 is 0. The summed E-state index contributed by atoms with van der Waals surface area (Å²) in [6.45, 7) is 0.491. The molecule has 0 unspecified atom stereocenters. The Morgan fingerprint density at radius 1 is 1.53 bits per heavy atom. The number of hydrogen-bond donors (Lipinski definition) is 2. The van der Waals surface area contributed by atoms with Crippen LogP contribution in [0.2, 0.25) is 5.02 Å². The third kappa shape index (κ3) is 3.58. The minimum atomic E-state index is -0.181. The normalized spacial score (nSPS) is 14.2. The molecule has 1 aromatic rings. The van der Waals surface area contributed by atoms with Gasteiger partial charge in [-0.3, -0.25) is 4.79 Å². The van der Waals surface area contributed by atoms with E-state index in [-0.39, 0.29) is 17.7 Å². The van der Waals surface area contributed by atoms with Crippen molar-refractivity contribution >= 4 is 34.7 Å². The molecule has 0 aliphatic heterocycles. The Labute approximate surface area is 122 Å². The standard InChI is InChI=1S/C13H15ClN2O2S/c14-11-4-3-9(17)7-10(11)13(18)16(8-1-2-8)6-5-12(15)19/h3-4,7-8,17H,1-2,5-6H2,(H2,15,19). The van der Waals surface area contributed by atoms with Gasteiger partial charge in [0.1, 0.15) is 5.75 Å². The van der Waals surface area contributed by atoms with Crippen molar-refractivity contribution in [2.75, 3.05) is 6.54 Å². The van der Waals surface area contributed by atoms with Crippen LogP contribution in [0.4, 0.5) is 0 Å². The van der Waals surface area contributed by atoms with E-state index in [9.17, 15) is 9.90 Å². The van der Waals surface area contributed by atoms with Crippen LogP contribution in [0.3, 0.4) is 0 Å². The smallest absolute Gasteiger partial charge is 0.255 e. The molecule has 102 valence electrons. The van der Waals surface area contributed by atoms with E-state index in [1.165, 1.54) is 18.2 Å². The number of rotatable bonds is 5. The van der Waals surface area contributed by atoms with Crippen molar-refractivity contribution in [3.63, 3.8) is 0 Å². The van der Waals surface area contributed by atoms with Gasteiger partial charge in [-0.05, 0) is 31.0 Å². The summed E-state index contributed by atoms with van der Waals surface area (Å²) in [5.41, 5.74) is 5.80. The molecule has 2 rings (SSSR count). The number of aromatic hydroxyl groups is 1. The average molecular weight is 299 g/mol. The Balaban J connectivity index is 2.18. The second kappa shape index (κ2) is 5.75. The monoisotopic (exact) mass is 298 g/mol. The number of nitrogens with two attached hydrogens (primary N) is 1. The second-order valence-electron chi connectivity index (χ2n) is 4.61. The molecule has 0 heterocycles. The molecule has 6 heteroatoms. The van der Waals surface area contributed by atoms with Crippen LogP contribution in [0.15, 0.2) is 18.2 Å². The largest absolute Gasteiger partial charge is 0.508 e. The van der Waals surface area contributed by atoms with Crippen molar-refractivity contribution in [1.82, 2.24) is 4.90 Å². The van der Waals surface area contributed by atoms with Crippen LogP contribution in [-0.4, -0.2) is 33.5 Å². The van der Waals surface area contributed by atoms with Gasteiger partial charge in [0.15, 0.2) is 0 Å². The zero-order valence-corrected chi connectivity index (χ0v) is 11.9. The molecule has 0 aromatic heterocycles. The molecular formula is C13H15ClN2O2S. The summed E-state index contributed by atoms with van der Waals surface area (Å²) in [5, 5.41) is 9.81. The van der Waals surface area contributed by atoms with E-state index in [0.717, 1.165) is 12.8 Å². The summed E-state index contributed by atoms with van der Waals surface area (Å²) in [4.78, 5) is 14.6. The van der Waals surface area contributed by atoms with Gasteiger partial charge in [0.05, 0.1) is 15.6 Å². The number of thiocarbonyl (C=S) groups is 1. The first-order valence-electron chi connectivity index (χ1n) is 6.07. The first kappa shape index (κ1) is 14.1. The highest BCUT2D eigenvalue weighted by atomic mass is 35.5. The first-order valence-corrected chi connectivity index (χ1v) is 6.85. The van der Waals surface area contributed by atoms with Crippen LogP contribution >= 0.6 is 23.8 Å². The van der Waals surface area contributed by atoms with Gasteiger partial charge in [-0.2, -0.15) is 0 Å². The molecule has 0 atom stereocenters. The van der Waals surface area contributed by atoms with E-state index < -0.39 is 0 Å². The minimum Gasteiger partial charge on any atom is -0.508 e. The topological polar surface area (TPSA) is 66.6 Å². The Bertz CT molecular complexity index is 517. The van der Waals surface area contributed by atoms with Crippen molar-refractivity contribution in [1.29, 1.82) is 0 Å². The maximum atomic E-state index is 12.5. The second-order valence-corrected chi connectivity index (χ2v) is 5.54. The van der Waals surface area contributed by atoms with Crippen LogP contribution in [0.5, 0.6) is 5.75 Å². The van der Waals surface area contributed by atoms with E-state index in [0.29, 0.717) is 28.5 Å². The average Bonchev–Trinajstić information content (AvgIpc) is 3.16. The zero-order valence-electron chi connectivity index (χ0n) is 10.3. The number of amides is 1. The van der Waals surface area contributed by atoms with E-state index >= 15 is 0 Å². The molecule has 0 spiro atoms. The fourth-order valence-corrected chi connectivity index (χ4v) is 2.19. The molecule has 1 amide bonds. The van der Waals surface area contributed by atoms with E-state index in [2.05, 4.69) is 0 Å². The fourth-order valence-electron chi connectivity index (χ4n) is 1.90. The predicted molar refractivity (Wildman–Crippen MR) is 78.6 cm³/mol. The molecule has 0 saturated heterocycles. The summed E-state index contributed by atoms with van der Waals surface area (Å²) in [7, 11) is 0. The number of hydrogen-bond acceptors (Lipinski definition) is 3. The molecule has 1 saturated carbocycles. The minimum absolute atomic E-state index is 0.0258. The van der Waals surface area contributed by atoms with Crippen molar-refractivity contribution in [3.05, 3.63) is 28.8 Å². The molecule has 1 aliphatic rings. The lowest BCUT2D eigenvalue weighted by molar-refractivity contribution is 0.0748. The lowest BCUT2D eigenvalue weighted by atomic mass is 10.1. The molecule has 4 nitrogen and oxygen atoms in total. The molecule has 0 bridgehead atoms. The van der Waals surface area contributed by atoms with Gasteiger partial charge >= 0.3 is 0 Å². The number of phenols is 1. The molecule has 1 aromatic carbocycles. The molecule has 1 fully saturated rings. The Kier molecular flexibility index (Phi) is 4.27. The van der Waals surface area contributed by atoms with Gasteiger partial charge in [-0.15, -0.1) is 0 Å². The van der Waals surface area contributed by atoms with Crippen LogP contribution in [0.25, 0.3) is 0 Å². The zero-order chi connectivity index (χ0) is 14.0. The van der Waals surface area contributed by atoms with Crippen molar-refractivity contribution in [2.45, 2.75) is 25.3 Å². The summed E-state index contributed by atoms with van der Waals surface area (Å²) in [6.07, 6.45) is 2.47. The van der Waals surface area contributed by atoms with Crippen molar-refractivity contribution in [3.8, 4) is 5.75 Å². The Hall–Kier alpha value is -1.33. The van der Waals surface area contributed by atoms with Gasteiger partial charge in [0.25, 0.3) is 5.91 Å². The number of benzene rings is 1. The summed E-state index contributed by atoms with van der Waals surface area (Å²) in [5.74, 6) is -0.155. The highest BCUT2D eigenvalue weighted by Gasteiger charge is 2.33. The van der Waals surface area contributed by atoms with Crippen molar-refractivity contribution in [2.24, 2.45) is 5.73 Å². The third-order valence-electron chi connectivity index (χ3n) is 3.03. The number of phenolic OH excluding ortho intramolecular Hbond substituents is 1. The number of halogens is 1. The summed E-state index contributed by atoms with van der Waals surface area (Å²) >= 11 is 10.9. The SMILES string of the molecule is NC(=S)CCN(C(=O)c1cc(O)ccc1Cl)C1CC1. The van der Waals surface area contributed by atoms with E-state index in [1.54, 1.807) is 4.90 Å². The Morgan fingerprint density at radius 2 is 2.21 bits per heavy atom. The number of carbonyl (C=O) groups is 1. The predicted octanol–water partition coefficient (Wildman–Crippen LogP) is 2.33. The van der Waals surface area contributed by atoms with Gasteiger partial charge in [0, 0.05) is 19.0 Å². The molecule has 3 N–H and O–H groups in total. The van der Waals surface area contributed by atoms with Gasteiger partial charge in [-0.25, -0.2) is 0 Å². The number of nitrogens with zero attached hydrogens (tertiary/aromatic N) is 1. The van der Waals surface area contributed by atoms with Crippen LogP contribution in [-0.2, 0) is 0 Å². The maximum Gasteiger partial charge on any atom is 0.255 e. The fraction of sp³-hybridized carbons (Fsp3) is 0.385. The van der Waals surface area contributed by atoms with Crippen LogP contribution in [0.1, 0.15) is 29.6 Å². The summed E-state index contributed by atoms with van der Waals surface area (Å²) in [6, 6.07) is 4.60. The third-order valence-corrected chi connectivity index (χ3v) is 3.56. The molecule has 19 heavy (non-hydrogen) atoms. The van der Waals surface area contributed by atoms with E-state index in [4.69, 9.17) is 29.6 Å². The maximum absolute atomic E-state index is 12.5. The molecule has 1 aliphatic carbocycles. The quantitative estimate of drug-likeness (QED) is 0.819. The van der Waals surface area contributed by atoms with Crippen LogP contribution in [0, 0.1) is 0 Å². The first-order chi connectivity index (χ1) is 8.99. The molecular weight excluding hydrogens is 284 g/mol. The Morgan fingerprint density at radius 3 is 2.79 bits per heavy atom. The van der Waals surface area contributed by atoms with E-state index in [1.807, 2.05) is 0 Å². The van der Waals surface area contributed by atoms with Gasteiger partial charge in [-0.1, -0.05) is 23.8 Å². The number of carbonyl (C=O) groups excluding carboxylic acids is 1. The highest BCUT2D eigenvalue weighted by molar-refractivity contribution is 7.80. The molecule has 0 radical (unpaired) electrons. The van der Waals surface area contributed by atoms with Crippen molar-refractivity contribution < 1.29 is 9.90 Å². The highest BCUT2D eigenvalue weighted by Crippen LogP contribution is 2.30.